The summed E-state index contributed by atoms with van der Waals surface area (Å²) in [5.41, 5.74) is 2.78. The number of hydrogen-bond acceptors (Lipinski definition) is 6. The van der Waals surface area contributed by atoms with Crippen molar-refractivity contribution in [3.05, 3.63) is 53.9 Å². The molecule has 27 heavy (non-hydrogen) atoms. The number of rotatable bonds is 7. The maximum absolute atomic E-state index is 12.9. The summed E-state index contributed by atoms with van der Waals surface area (Å²) in [4.78, 5) is 12.9. The van der Waals surface area contributed by atoms with Crippen molar-refractivity contribution in [2.24, 2.45) is 0 Å². The van der Waals surface area contributed by atoms with Crippen LogP contribution in [0.2, 0.25) is 0 Å². The molecular formula is C19H21N5O3. The predicted molar refractivity (Wildman–Crippen MR) is 101 cm³/mol. The number of anilines is 1. The Morgan fingerprint density at radius 1 is 1.22 bits per heavy atom. The Bertz CT molecular complexity index is 925. The van der Waals surface area contributed by atoms with Gasteiger partial charge < -0.3 is 14.8 Å². The zero-order valence-electron chi connectivity index (χ0n) is 15.5. The predicted octanol–water partition coefficient (Wildman–Crippen LogP) is 3.02. The summed E-state index contributed by atoms with van der Waals surface area (Å²) in [5, 5.41) is 14.1. The molecule has 0 aliphatic rings. The number of carbonyl (C=O) groups excluding carboxylic acids is 1. The van der Waals surface area contributed by atoms with E-state index in [9.17, 15) is 4.79 Å². The average molecular weight is 367 g/mol. The monoisotopic (exact) mass is 367 g/mol. The van der Waals surface area contributed by atoms with Gasteiger partial charge in [-0.25, -0.2) is 4.68 Å². The van der Waals surface area contributed by atoms with Crippen molar-refractivity contribution < 1.29 is 14.3 Å². The normalized spacial score (nSPS) is 10.5. The molecule has 0 aliphatic heterocycles. The standard InChI is InChI=1S/C19H21N5O3/c1-4-9-27-18-11-15(26-3)7-8-16(18)19(25)21-17-10-14(6-5-13(17)2)24-12-20-22-23-24/h5-8,10-12H,4,9H2,1-3H3,(H,21,25). The molecule has 0 bridgehead atoms. The van der Waals surface area contributed by atoms with E-state index in [0.29, 0.717) is 29.4 Å². The summed E-state index contributed by atoms with van der Waals surface area (Å²) >= 11 is 0. The highest BCUT2D eigenvalue weighted by atomic mass is 16.5. The lowest BCUT2D eigenvalue weighted by molar-refractivity contribution is 0.102. The van der Waals surface area contributed by atoms with Crippen molar-refractivity contribution in [2.75, 3.05) is 19.0 Å². The largest absolute Gasteiger partial charge is 0.497 e. The van der Waals surface area contributed by atoms with Gasteiger partial charge in [-0.05, 0) is 53.6 Å². The molecule has 8 nitrogen and oxygen atoms in total. The number of aromatic nitrogens is 4. The molecule has 3 rings (SSSR count). The van der Waals surface area contributed by atoms with Crippen LogP contribution in [0.25, 0.3) is 5.69 Å². The van der Waals surface area contributed by atoms with Crippen LogP contribution in [0, 0.1) is 6.92 Å². The van der Waals surface area contributed by atoms with Crippen LogP contribution in [0.15, 0.2) is 42.7 Å². The van der Waals surface area contributed by atoms with Crippen LogP contribution < -0.4 is 14.8 Å². The van der Waals surface area contributed by atoms with E-state index >= 15 is 0 Å². The van der Waals surface area contributed by atoms with E-state index < -0.39 is 0 Å². The molecule has 1 heterocycles. The molecule has 8 heteroatoms. The first-order chi connectivity index (χ1) is 13.1. The van der Waals surface area contributed by atoms with Gasteiger partial charge in [-0.15, -0.1) is 5.10 Å². The van der Waals surface area contributed by atoms with Gasteiger partial charge >= 0.3 is 0 Å². The lowest BCUT2D eigenvalue weighted by atomic mass is 10.1. The Morgan fingerprint density at radius 2 is 2.07 bits per heavy atom. The van der Waals surface area contributed by atoms with Crippen LogP contribution in [0.4, 0.5) is 5.69 Å². The van der Waals surface area contributed by atoms with Gasteiger partial charge in [-0.1, -0.05) is 13.0 Å². The summed E-state index contributed by atoms with van der Waals surface area (Å²) in [7, 11) is 1.58. The van der Waals surface area contributed by atoms with E-state index in [0.717, 1.165) is 17.7 Å². The van der Waals surface area contributed by atoms with Gasteiger partial charge in [-0.2, -0.15) is 0 Å². The summed E-state index contributed by atoms with van der Waals surface area (Å²) in [5.74, 6) is 0.859. The fourth-order valence-electron chi connectivity index (χ4n) is 2.51. The van der Waals surface area contributed by atoms with E-state index in [1.54, 1.807) is 25.3 Å². The first kappa shape index (κ1) is 18.4. The molecule has 3 aromatic rings. The fourth-order valence-corrected chi connectivity index (χ4v) is 2.51. The SMILES string of the molecule is CCCOc1cc(OC)ccc1C(=O)Nc1cc(-n2cnnn2)ccc1C. The van der Waals surface area contributed by atoms with Gasteiger partial charge in [0.1, 0.15) is 17.8 Å². The van der Waals surface area contributed by atoms with E-state index in [2.05, 4.69) is 20.8 Å². The van der Waals surface area contributed by atoms with Crippen LogP contribution in [0.5, 0.6) is 11.5 Å². The van der Waals surface area contributed by atoms with E-state index in [4.69, 9.17) is 9.47 Å². The Labute approximate surface area is 157 Å². The van der Waals surface area contributed by atoms with Crippen LogP contribution in [0.3, 0.4) is 0 Å². The molecule has 0 saturated heterocycles. The van der Waals surface area contributed by atoms with E-state index in [1.807, 2.05) is 32.0 Å². The van der Waals surface area contributed by atoms with E-state index in [1.165, 1.54) is 11.0 Å². The van der Waals surface area contributed by atoms with Crippen LogP contribution in [-0.4, -0.2) is 39.8 Å². The average Bonchev–Trinajstić information content (AvgIpc) is 3.22. The number of nitrogens with zero attached hydrogens (tertiary/aromatic N) is 4. The van der Waals surface area contributed by atoms with E-state index in [-0.39, 0.29) is 5.91 Å². The second-order valence-electron chi connectivity index (χ2n) is 5.92. The number of nitrogens with one attached hydrogen (secondary N) is 1. The molecule has 0 saturated carbocycles. The summed E-state index contributed by atoms with van der Waals surface area (Å²) in [6, 6.07) is 10.7. The third-order valence-electron chi connectivity index (χ3n) is 3.98. The van der Waals surface area contributed by atoms with Gasteiger partial charge in [0.05, 0.1) is 25.0 Å². The zero-order chi connectivity index (χ0) is 19.2. The molecule has 1 aromatic heterocycles. The second-order valence-corrected chi connectivity index (χ2v) is 5.92. The number of carbonyl (C=O) groups is 1. The molecule has 140 valence electrons. The summed E-state index contributed by atoms with van der Waals surface area (Å²) in [6.07, 6.45) is 2.34. The zero-order valence-corrected chi connectivity index (χ0v) is 15.5. The molecule has 0 unspecified atom stereocenters. The molecular weight excluding hydrogens is 346 g/mol. The lowest BCUT2D eigenvalue weighted by Gasteiger charge is -2.14. The molecule has 0 radical (unpaired) electrons. The minimum atomic E-state index is -0.263. The fraction of sp³-hybridized carbons (Fsp3) is 0.263. The smallest absolute Gasteiger partial charge is 0.259 e. The number of ether oxygens (including phenoxy) is 2. The summed E-state index contributed by atoms with van der Waals surface area (Å²) in [6.45, 7) is 4.44. The number of aryl methyl sites for hydroxylation is 1. The highest BCUT2D eigenvalue weighted by Crippen LogP contribution is 2.27. The molecule has 0 atom stereocenters. The first-order valence-corrected chi connectivity index (χ1v) is 8.58. The molecule has 0 spiro atoms. The first-order valence-electron chi connectivity index (χ1n) is 8.58. The Kier molecular flexibility index (Phi) is 5.65. The number of benzene rings is 2. The van der Waals surface area contributed by atoms with Crippen LogP contribution >= 0.6 is 0 Å². The highest BCUT2D eigenvalue weighted by Gasteiger charge is 2.15. The lowest BCUT2D eigenvalue weighted by Crippen LogP contribution is -2.15. The molecule has 0 fully saturated rings. The van der Waals surface area contributed by atoms with Crippen molar-refractivity contribution in [3.8, 4) is 17.2 Å². The number of methoxy groups -OCH3 is 1. The number of amides is 1. The highest BCUT2D eigenvalue weighted by molar-refractivity contribution is 6.06. The maximum atomic E-state index is 12.9. The van der Waals surface area contributed by atoms with Crippen LogP contribution in [-0.2, 0) is 0 Å². The quantitative estimate of drug-likeness (QED) is 0.690. The third kappa shape index (κ3) is 4.22. The molecule has 1 amide bonds. The van der Waals surface area contributed by atoms with Crippen molar-refractivity contribution in [3.63, 3.8) is 0 Å². The van der Waals surface area contributed by atoms with Crippen molar-refractivity contribution in [1.82, 2.24) is 20.2 Å². The van der Waals surface area contributed by atoms with Gasteiger partial charge in [-0.3, -0.25) is 4.79 Å². The Morgan fingerprint density at radius 3 is 2.78 bits per heavy atom. The van der Waals surface area contributed by atoms with Gasteiger partial charge in [0, 0.05) is 11.8 Å². The number of hydrogen-bond donors (Lipinski definition) is 1. The van der Waals surface area contributed by atoms with Gasteiger partial charge in [0.2, 0.25) is 0 Å². The van der Waals surface area contributed by atoms with Crippen LogP contribution in [0.1, 0.15) is 29.3 Å². The summed E-state index contributed by atoms with van der Waals surface area (Å²) < 4.78 is 12.5. The minimum absolute atomic E-state index is 0.263. The van der Waals surface area contributed by atoms with Gasteiger partial charge in [0.25, 0.3) is 5.91 Å². The molecule has 2 aromatic carbocycles. The number of tetrazole rings is 1. The Balaban J connectivity index is 1.88. The topological polar surface area (TPSA) is 91.2 Å². The van der Waals surface area contributed by atoms with Crippen molar-refractivity contribution >= 4 is 11.6 Å². The van der Waals surface area contributed by atoms with Gasteiger partial charge in [0.15, 0.2) is 0 Å². The second kappa shape index (κ2) is 8.31. The van der Waals surface area contributed by atoms with Crippen molar-refractivity contribution in [2.45, 2.75) is 20.3 Å². The molecule has 0 aliphatic carbocycles. The molecule has 1 N–H and O–H groups in total. The minimum Gasteiger partial charge on any atom is -0.497 e. The van der Waals surface area contributed by atoms with Crippen molar-refractivity contribution in [1.29, 1.82) is 0 Å². The maximum Gasteiger partial charge on any atom is 0.259 e. The third-order valence-corrected chi connectivity index (χ3v) is 3.98. The Hall–Kier alpha value is -3.42.